The van der Waals surface area contributed by atoms with E-state index in [0.29, 0.717) is 17.1 Å². The SMILES string of the molecule is N/C=N\C(Cl)=C1\Oc2ccccc2C1c1ccc(C(F)(F)F)cc1. The zero-order valence-corrected chi connectivity index (χ0v) is 13.0. The number of para-hydroxylation sites is 1. The summed E-state index contributed by atoms with van der Waals surface area (Å²) in [4.78, 5) is 3.82. The molecule has 0 radical (unpaired) electrons. The fraction of sp³-hybridized carbons (Fsp3) is 0.118. The first-order valence-corrected chi connectivity index (χ1v) is 7.37. The molecule has 0 saturated carbocycles. The number of fused-ring (bicyclic) bond motifs is 1. The van der Waals surface area contributed by atoms with E-state index < -0.39 is 17.7 Å². The van der Waals surface area contributed by atoms with Crippen LogP contribution in [0, 0.1) is 0 Å². The summed E-state index contributed by atoms with van der Waals surface area (Å²) in [6, 6.07) is 12.1. The van der Waals surface area contributed by atoms with E-state index in [9.17, 15) is 13.2 Å². The quantitative estimate of drug-likeness (QED) is 0.487. The van der Waals surface area contributed by atoms with Gasteiger partial charge in [0, 0.05) is 5.56 Å². The highest BCUT2D eigenvalue weighted by atomic mass is 35.5. The summed E-state index contributed by atoms with van der Waals surface area (Å²) < 4.78 is 44.0. The first-order chi connectivity index (χ1) is 11.4. The molecule has 0 bridgehead atoms. The number of nitrogens with zero attached hydrogens (tertiary/aromatic N) is 1. The maximum Gasteiger partial charge on any atom is 0.416 e. The van der Waals surface area contributed by atoms with Gasteiger partial charge in [0.2, 0.25) is 0 Å². The number of hydrogen-bond acceptors (Lipinski definition) is 2. The normalized spacial score (nSPS) is 19.2. The summed E-state index contributed by atoms with van der Waals surface area (Å²) in [5.41, 5.74) is 5.97. The number of hydrogen-bond donors (Lipinski definition) is 1. The zero-order chi connectivity index (χ0) is 17.3. The van der Waals surface area contributed by atoms with E-state index in [-0.39, 0.29) is 5.16 Å². The average molecular weight is 353 g/mol. The van der Waals surface area contributed by atoms with E-state index in [2.05, 4.69) is 4.99 Å². The summed E-state index contributed by atoms with van der Waals surface area (Å²) in [6.45, 7) is 0. The molecular weight excluding hydrogens is 341 g/mol. The third kappa shape index (κ3) is 2.97. The summed E-state index contributed by atoms with van der Waals surface area (Å²) in [5, 5.41) is 0.0543. The summed E-state index contributed by atoms with van der Waals surface area (Å²) in [5.74, 6) is 0.474. The van der Waals surface area contributed by atoms with Gasteiger partial charge in [0.15, 0.2) is 10.9 Å². The molecule has 0 amide bonds. The maximum absolute atomic E-state index is 12.8. The highest BCUT2D eigenvalue weighted by Crippen LogP contribution is 2.46. The molecule has 3 rings (SSSR count). The molecule has 0 fully saturated rings. The lowest BCUT2D eigenvalue weighted by Crippen LogP contribution is -2.07. The predicted molar refractivity (Wildman–Crippen MR) is 85.9 cm³/mol. The molecule has 1 atom stereocenters. The number of aliphatic imine (C=N–C) groups is 1. The van der Waals surface area contributed by atoms with Gasteiger partial charge in [-0.3, -0.25) is 0 Å². The van der Waals surface area contributed by atoms with Gasteiger partial charge in [-0.2, -0.15) is 13.2 Å². The summed E-state index contributed by atoms with van der Waals surface area (Å²) >= 11 is 6.12. The Bertz CT molecular complexity index is 813. The number of rotatable bonds is 2. The Hall–Kier alpha value is -2.47. The lowest BCUT2D eigenvalue weighted by Gasteiger charge is -2.14. The molecular formula is C17H12ClF3N2O. The second kappa shape index (κ2) is 6.20. The lowest BCUT2D eigenvalue weighted by molar-refractivity contribution is -0.137. The number of allylic oxidation sites excluding steroid dienone is 1. The first-order valence-electron chi connectivity index (χ1n) is 6.99. The predicted octanol–water partition coefficient (Wildman–Crippen LogP) is 4.62. The topological polar surface area (TPSA) is 47.6 Å². The van der Waals surface area contributed by atoms with Crippen LogP contribution in [-0.4, -0.2) is 6.34 Å². The minimum absolute atomic E-state index is 0.0543. The molecule has 124 valence electrons. The maximum atomic E-state index is 12.8. The van der Waals surface area contributed by atoms with Crippen molar-refractivity contribution in [2.75, 3.05) is 0 Å². The molecule has 0 aromatic heterocycles. The van der Waals surface area contributed by atoms with Gasteiger partial charge in [-0.1, -0.05) is 41.9 Å². The van der Waals surface area contributed by atoms with Crippen LogP contribution in [0.1, 0.15) is 22.6 Å². The molecule has 2 aromatic carbocycles. The van der Waals surface area contributed by atoms with Crippen LogP contribution in [0.3, 0.4) is 0 Å². The molecule has 1 unspecified atom stereocenters. The third-order valence-corrected chi connectivity index (χ3v) is 3.96. The van der Waals surface area contributed by atoms with Crippen LogP contribution in [0.15, 0.2) is 64.4 Å². The molecule has 3 nitrogen and oxygen atoms in total. The van der Waals surface area contributed by atoms with E-state index in [4.69, 9.17) is 22.1 Å². The lowest BCUT2D eigenvalue weighted by atomic mass is 9.90. The molecule has 7 heteroatoms. The molecule has 2 aromatic rings. The van der Waals surface area contributed by atoms with Gasteiger partial charge in [-0.15, -0.1) is 0 Å². The largest absolute Gasteiger partial charge is 0.457 e. The van der Waals surface area contributed by atoms with Crippen LogP contribution in [-0.2, 0) is 6.18 Å². The van der Waals surface area contributed by atoms with E-state index in [1.807, 2.05) is 12.1 Å². The van der Waals surface area contributed by atoms with Crippen molar-refractivity contribution in [2.45, 2.75) is 12.1 Å². The van der Waals surface area contributed by atoms with Crippen molar-refractivity contribution in [1.29, 1.82) is 0 Å². The molecule has 0 spiro atoms. The van der Waals surface area contributed by atoms with Crippen molar-refractivity contribution in [3.8, 4) is 5.75 Å². The zero-order valence-electron chi connectivity index (χ0n) is 12.2. The molecule has 0 saturated heterocycles. The van der Waals surface area contributed by atoms with Crippen molar-refractivity contribution in [2.24, 2.45) is 10.7 Å². The molecule has 2 N–H and O–H groups in total. The Labute approximate surface area is 141 Å². The van der Waals surface area contributed by atoms with Crippen LogP contribution >= 0.6 is 11.6 Å². The highest BCUT2D eigenvalue weighted by molar-refractivity contribution is 6.30. The number of benzene rings is 2. The minimum atomic E-state index is -4.39. The Morgan fingerprint density at radius 3 is 2.42 bits per heavy atom. The van der Waals surface area contributed by atoms with Gasteiger partial charge in [0.1, 0.15) is 5.75 Å². The Morgan fingerprint density at radius 1 is 1.12 bits per heavy atom. The Balaban J connectivity index is 2.10. The van der Waals surface area contributed by atoms with Crippen molar-refractivity contribution in [1.82, 2.24) is 0 Å². The van der Waals surface area contributed by atoms with Gasteiger partial charge in [0.05, 0.1) is 17.8 Å². The smallest absolute Gasteiger partial charge is 0.416 e. The van der Waals surface area contributed by atoms with Crippen LogP contribution in [0.25, 0.3) is 0 Å². The van der Waals surface area contributed by atoms with Crippen LogP contribution < -0.4 is 10.5 Å². The molecule has 0 aliphatic carbocycles. The third-order valence-electron chi connectivity index (χ3n) is 3.67. The number of halogens is 4. The summed E-state index contributed by atoms with van der Waals surface area (Å²) in [6.07, 6.45) is -3.35. The molecule has 1 aliphatic heterocycles. The highest BCUT2D eigenvalue weighted by Gasteiger charge is 2.35. The Kier molecular flexibility index (Phi) is 4.24. The minimum Gasteiger partial charge on any atom is -0.457 e. The molecule has 1 aliphatic rings. The van der Waals surface area contributed by atoms with Crippen molar-refractivity contribution >= 4 is 17.9 Å². The molecule has 24 heavy (non-hydrogen) atoms. The molecule has 1 heterocycles. The van der Waals surface area contributed by atoms with Gasteiger partial charge in [-0.25, -0.2) is 4.99 Å². The fourth-order valence-electron chi connectivity index (χ4n) is 2.62. The second-order valence-electron chi connectivity index (χ2n) is 5.13. The monoisotopic (exact) mass is 352 g/mol. The Morgan fingerprint density at radius 2 is 1.79 bits per heavy atom. The number of alkyl halides is 3. The van der Waals surface area contributed by atoms with Gasteiger partial charge < -0.3 is 10.5 Å². The van der Waals surface area contributed by atoms with E-state index in [1.165, 1.54) is 12.1 Å². The van der Waals surface area contributed by atoms with Crippen molar-refractivity contribution in [3.63, 3.8) is 0 Å². The summed E-state index contributed by atoms with van der Waals surface area (Å²) in [7, 11) is 0. The van der Waals surface area contributed by atoms with E-state index in [0.717, 1.165) is 24.0 Å². The van der Waals surface area contributed by atoms with Crippen LogP contribution in [0.4, 0.5) is 13.2 Å². The van der Waals surface area contributed by atoms with Crippen LogP contribution in [0.2, 0.25) is 0 Å². The standard InChI is InChI=1S/C17H12ClF3N2O/c18-16(23-9-22)15-14(12-3-1-2-4-13(12)24-15)10-5-7-11(8-6-10)17(19,20)21/h1-9,14H,(H2,22,23)/b16-15+. The van der Waals surface area contributed by atoms with E-state index in [1.54, 1.807) is 12.1 Å². The second-order valence-corrected chi connectivity index (χ2v) is 5.48. The van der Waals surface area contributed by atoms with Gasteiger partial charge >= 0.3 is 6.18 Å². The van der Waals surface area contributed by atoms with Crippen molar-refractivity contribution in [3.05, 3.63) is 76.1 Å². The van der Waals surface area contributed by atoms with Crippen LogP contribution in [0.5, 0.6) is 5.75 Å². The van der Waals surface area contributed by atoms with Gasteiger partial charge in [-0.05, 0) is 23.8 Å². The van der Waals surface area contributed by atoms with E-state index >= 15 is 0 Å². The van der Waals surface area contributed by atoms with Gasteiger partial charge in [0.25, 0.3) is 0 Å². The average Bonchev–Trinajstić information content (AvgIpc) is 2.94. The fourth-order valence-corrected chi connectivity index (χ4v) is 2.82. The number of ether oxygens (including phenoxy) is 1. The van der Waals surface area contributed by atoms with Crippen molar-refractivity contribution < 1.29 is 17.9 Å². The number of nitrogens with two attached hydrogens (primary N) is 1. The first kappa shape index (κ1) is 16.4.